The van der Waals surface area contributed by atoms with Crippen LogP contribution in [-0.4, -0.2) is 59.4 Å². The van der Waals surface area contributed by atoms with Crippen molar-refractivity contribution in [1.82, 2.24) is 31.2 Å². The molecular weight excluding hydrogens is 490 g/mol. The van der Waals surface area contributed by atoms with E-state index in [4.69, 9.17) is 5.11 Å². The maximum absolute atomic E-state index is 11.8. The highest BCUT2D eigenvalue weighted by atomic mass is 16.4. The van der Waals surface area contributed by atoms with Gasteiger partial charge in [0.2, 0.25) is 5.95 Å². The van der Waals surface area contributed by atoms with Crippen LogP contribution in [0.4, 0.5) is 20.3 Å². The van der Waals surface area contributed by atoms with Gasteiger partial charge >= 0.3 is 18.2 Å². The second-order valence-electron chi connectivity index (χ2n) is 9.48. The summed E-state index contributed by atoms with van der Waals surface area (Å²) in [5.74, 6) is 0.126. The number of aryl methyl sites for hydroxylation is 1. The van der Waals surface area contributed by atoms with Gasteiger partial charge in [0.05, 0.1) is 0 Å². The fraction of sp³-hybridized carbons (Fsp3) is 0.731. The summed E-state index contributed by atoms with van der Waals surface area (Å²) in [6.45, 7) is 4.06. The number of carbonyl (C=O) groups excluding carboxylic acids is 2. The first-order chi connectivity index (χ1) is 18.4. The average molecular weight is 538 g/mol. The van der Waals surface area contributed by atoms with Gasteiger partial charge in [0.15, 0.2) is 0 Å². The van der Waals surface area contributed by atoms with Crippen molar-refractivity contribution in [2.24, 2.45) is 0 Å². The number of unbranched alkanes of at least 4 members (excludes halogenated alkanes) is 12. The molecule has 1 heterocycles. The molecule has 0 aromatic carbocycles. The zero-order chi connectivity index (χ0) is 27.8. The Kier molecular flexibility index (Phi) is 18.7. The summed E-state index contributed by atoms with van der Waals surface area (Å²) >= 11 is 0. The number of hydrogen-bond acceptors (Lipinski definition) is 5. The molecule has 0 aliphatic heterocycles. The van der Waals surface area contributed by atoms with Gasteiger partial charge in [-0.2, -0.15) is 0 Å². The normalized spacial score (nSPS) is 10.6. The zero-order valence-corrected chi connectivity index (χ0v) is 22.8. The molecule has 12 heteroatoms. The van der Waals surface area contributed by atoms with E-state index >= 15 is 0 Å². The summed E-state index contributed by atoms with van der Waals surface area (Å²) in [4.78, 5) is 51.9. The van der Waals surface area contributed by atoms with E-state index < -0.39 is 12.1 Å². The second-order valence-corrected chi connectivity index (χ2v) is 9.48. The Balaban J connectivity index is 1.82. The van der Waals surface area contributed by atoms with Crippen LogP contribution in [0.1, 0.15) is 95.6 Å². The fourth-order valence-electron chi connectivity index (χ4n) is 3.92. The summed E-state index contributed by atoms with van der Waals surface area (Å²) < 4.78 is 0. The lowest BCUT2D eigenvalue weighted by molar-refractivity contribution is 0.194. The van der Waals surface area contributed by atoms with E-state index in [1.54, 1.807) is 6.92 Å². The molecule has 1 aromatic rings. The van der Waals surface area contributed by atoms with Crippen LogP contribution in [-0.2, 0) is 0 Å². The molecule has 0 bridgehead atoms. The van der Waals surface area contributed by atoms with Crippen LogP contribution in [0.25, 0.3) is 0 Å². The molecule has 0 atom stereocenters. The Morgan fingerprint density at radius 2 is 1.08 bits per heavy atom. The topological polar surface area (TPSA) is 177 Å². The first kappa shape index (κ1) is 32.7. The van der Waals surface area contributed by atoms with Crippen molar-refractivity contribution in [2.45, 2.75) is 96.8 Å². The quantitative estimate of drug-likeness (QED) is 0.115. The van der Waals surface area contributed by atoms with Crippen molar-refractivity contribution < 1.29 is 19.5 Å². The smallest absolute Gasteiger partial charge is 0.404 e. The summed E-state index contributed by atoms with van der Waals surface area (Å²) in [5, 5.41) is 21.9. The molecule has 0 saturated heterocycles. The fourth-order valence-corrected chi connectivity index (χ4v) is 3.92. The maximum atomic E-state index is 11.8. The molecule has 1 aromatic heterocycles. The number of urea groups is 2. The lowest BCUT2D eigenvalue weighted by atomic mass is 10.1. The van der Waals surface area contributed by atoms with Crippen molar-refractivity contribution >= 4 is 24.1 Å². The van der Waals surface area contributed by atoms with Crippen LogP contribution in [0.15, 0.2) is 10.9 Å². The van der Waals surface area contributed by atoms with Crippen molar-refractivity contribution in [2.75, 3.05) is 31.5 Å². The third-order valence-electron chi connectivity index (χ3n) is 5.94. The molecule has 1 rings (SSSR count). The van der Waals surface area contributed by atoms with Gasteiger partial charge in [-0.25, -0.2) is 19.4 Å². The first-order valence-corrected chi connectivity index (χ1v) is 14.0. The van der Waals surface area contributed by atoms with Gasteiger partial charge in [-0.3, -0.25) is 15.1 Å². The highest BCUT2D eigenvalue weighted by Gasteiger charge is 2.04. The van der Waals surface area contributed by atoms with Gasteiger partial charge in [0, 0.05) is 37.9 Å². The highest BCUT2D eigenvalue weighted by molar-refractivity contribution is 5.87. The standard InChI is InChI=1S/C26H47N7O5/c1-21-20-22(34)32-23(31-21)33-25(36)29-18-14-11-10-13-17-28-24(35)27-16-12-8-6-4-2-3-5-7-9-15-19-30-26(37)38/h20,30H,2-19H2,1H3,(H,37,38)(H2,27,28,35)(H3,29,31,32,33,34,36). The Labute approximate surface area is 225 Å². The van der Waals surface area contributed by atoms with E-state index in [-0.39, 0.29) is 17.5 Å². The van der Waals surface area contributed by atoms with E-state index in [0.29, 0.717) is 31.9 Å². The zero-order valence-electron chi connectivity index (χ0n) is 22.8. The predicted molar refractivity (Wildman–Crippen MR) is 149 cm³/mol. The van der Waals surface area contributed by atoms with E-state index in [1.165, 1.54) is 38.2 Å². The molecular formula is C26H47N7O5. The number of hydrogen-bond donors (Lipinski definition) is 7. The lowest BCUT2D eigenvalue weighted by Gasteiger charge is -2.08. The van der Waals surface area contributed by atoms with Crippen LogP contribution < -0.4 is 32.1 Å². The third kappa shape index (κ3) is 19.8. The number of carboxylic acid groups (broad SMARTS) is 1. The number of H-pyrrole nitrogens is 1. The summed E-state index contributed by atoms with van der Waals surface area (Å²) in [6, 6.07) is 0.823. The largest absolute Gasteiger partial charge is 0.465 e. The number of nitrogens with one attached hydrogen (secondary N) is 6. The minimum absolute atomic E-state index is 0.121. The minimum atomic E-state index is -0.947. The SMILES string of the molecule is Cc1cc(=O)[nH]c(NC(=O)NCCCCCCNC(=O)NCCCCCCCCCCCCNC(=O)O)n1. The highest BCUT2D eigenvalue weighted by Crippen LogP contribution is 2.10. The molecule has 0 aliphatic rings. The average Bonchev–Trinajstić information content (AvgIpc) is 2.85. The Hall–Kier alpha value is -3.31. The Morgan fingerprint density at radius 1 is 0.684 bits per heavy atom. The number of rotatable bonds is 21. The van der Waals surface area contributed by atoms with Crippen molar-refractivity contribution in [3.05, 3.63) is 22.1 Å². The van der Waals surface area contributed by atoms with Gasteiger partial charge in [-0.1, -0.05) is 64.2 Å². The molecule has 0 radical (unpaired) electrons. The van der Waals surface area contributed by atoms with Crippen LogP contribution in [0.5, 0.6) is 0 Å². The molecule has 0 aliphatic carbocycles. The number of aromatic amines is 1. The second kappa shape index (κ2) is 21.7. The molecule has 5 amide bonds. The Morgan fingerprint density at radius 3 is 1.50 bits per heavy atom. The van der Waals surface area contributed by atoms with Crippen LogP contribution >= 0.6 is 0 Å². The number of amides is 5. The first-order valence-electron chi connectivity index (χ1n) is 14.0. The van der Waals surface area contributed by atoms with Gasteiger partial charge in [-0.15, -0.1) is 0 Å². The summed E-state index contributed by atoms with van der Waals surface area (Å²) in [5.41, 5.74) is 0.218. The summed E-state index contributed by atoms with van der Waals surface area (Å²) in [6.07, 6.45) is 14.0. The summed E-state index contributed by atoms with van der Waals surface area (Å²) in [7, 11) is 0. The van der Waals surface area contributed by atoms with Crippen LogP contribution in [0.3, 0.4) is 0 Å². The molecule has 0 spiro atoms. The maximum Gasteiger partial charge on any atom is 0.404 e. The number of nitrogens with zero attached hydrogens (tertiary/aromatic N) is 1. The number of anilines is 1. The van der Waals surface area contributed by atoms with Crippen LogP contribution in [0, 0.1) is 6.92 Å². The monoisotopic (exact) mass is 537 g/mol. The molecule has 38 heavy (non-hydrogen) atoms. The molecule has 7 N–H and O–H groups in total. The van der Waals surface area contributed by atoms with E-state index in [0.717, 1.165) is 57.8 Å². The molecule has 0 saturated carbocycles. The van der Waals surface area contributed by atoms with Crippen molar-refractivity contribution in [3.8, 4) is 0 Å². The molecule has 0 fully saturated rings. The van der Waals surface area contributed by atoms with Gasteiger partial charge in [-0.05, 0) is 32.6 Å². The molecule has 216 valence electrons. The number of aromatic nitrogens is 2. The lowest BCUT2D eigenvalue weighted by Crippen LogP contribution is -2.36. The van der Waals surface area contributed by atoms with Crippen LogP contribution in [0.2, 0.25) is 0 Å². The van der Waals surface area contributed by atoms with E-state index in [2.05, 4.69) is 36.6 Å². The number of carbonyl (C=O) groups is 3. The van der Waals surface area contributed by atoms with Gasteiger partial charge < -0.3 is 26.4 Å². The van der Waals surface area contributed by atoms with E-state index in [1.807, 2.05) is 0 Å². The van der Waals surface area contributed by atoms with Crippen molar-refractivity contribution in [3.63, 3.8) is 0 Å². The predicted octanol–water partition coefficient (Wildman–Crippen LogP) is 4.23. The minimum Gasteiger partial charge on any atom is -0.465 e. The van der Waals surface area contributed by atoms with Gasteiger partial charge in [0.25, 0.3) is 5.56 Å². The molecule has 0 unspecified atom stereocenters. The third-order valence-corrected chi connectivity index (χ3v) is 5.94. The van der Waals surface area contributed by atoms with Gasteiger partial charge in [0.1, 0.15) is 0 Å². The molecule has 12 nitrogen and oxygen atoms in total. The Bertz CT molecular complexity index is 863. The van der Waals surface area contributed by atoms with Crippen molar-refractivity contribution in [1.29, 1.82) is 0 Å². The van der Waals surface area contributed by atoms with E-state index in [9.17, 15) is 19.2 Å².